The molecule has 3 rings (SSSR count). The number of rotatable bonds is 8. The van der Waals surface area contributed by atoms with Crippen molar-refractivity contribution in [3.05, 3.63) is 47.5 Å². The average molecular weight is 450 g/mol. The maximum Gasteiger partial charge on any atom is 0.328 e. The van der Waals surface area contributed by atoms with E-state index in [9.17, 15) is 18.0 Å². The van der Waals surface area contributed by atoms with Crippen LogP contribution < -0.4 is 29.2 Å². The monoisotopic (exact) mass is 450 g/mol. The van der Waals surface area contributed by atoms with Crippen LogP contribution in [-0.4, -0.2) is 46.4 Å². The van der Waals surface area contributed by atoms with Crippen LogP contribution in [0.25, 0.3) is 6.08 Å². The van der Waals surface area contributed by atoms with Crippen LogP contribution in [0.4, 0.5) is 0 Å². The number of carboxylic acids is 1. The van der Waals surface area contributed by atoms with Gasteiger partial charge in [-0.05, 0) is 42.0 Å². The summed E-state index contributed by atoms with van der Waals surface area (Å²) in [5, 5.41) is 8.81. The van der Waals surface area contributed by atoms with Gasteiger partial charge in [0.15, 0.2) is 23.0 Å². The Morgan fingerprint density at radius 3 is 2.52 bits per heavy atom. The van der Waals surface area contributed by atoms with Gasteiger partial charge in [-0.15, -0.1) is 4.83 Å². The molecule has 1 heterocycles. The quantitative estimate of drug-likeness (QED) is 0.398. The van der Waals surface area contributed by atoms with Crippen LogP contribution in [0.5, 0.6) is 23.0 Å². The third-order valence-corrected chi connectivity index (χ3v) is 5.36. The minimum Gasteiger partial charge on any atom is -0.493 e. The van der Waals surface area contributed by atoms with E-state index < -0.39 is 21.9 Å². The van der Waals surface area contributed by atoms with Gasteiger partial charge in [0.05, 0.1) is 14.2 Å². The number of hydrazine groups is 1. The molecule has 0 spiro atoms. The predicted molar refractivity (Wildman–Crippen MR) is 107 cm³/mol. The summed E-state index contributed by atoms with van der Waals surface area (Å²) in [6, 6.07) is 6.96. The molecule has 0 aromatic heterocycles. The van der Waals surface area contributed by atoms with Crippen molar-refractivity contribution >= 4 is 28.0 Å². The van der Waals surface area contributed by atoms with E-state index in [2.05, 4.69) is 5.43 Å². The summed E-state index contributed by atoms with van der Waals surface area (Å²) in [4.78, 5) is 24.8. The zero-order valence-corrected chi connectivity index (χ0v) is 17.2. The van der Waals surface area contributed by atoms with E-state index >= 15 is 0 Å². The number of carboxylic acid groups (broad SMARTS) is 1. The Balaban J connectivity index is 1.87. The number of benzene rings is 2. The third-order valence-electron chi connectivity index (χ3n) is 4.11. The Kier molecular flexibility index (Phi) is 6.32. The number of amides is 1. The average Bonchev–Trinajstić information content (AvgIpc) is 3.23. The van der Waals surface area contributed by atoms with E-state index in [0.29, 0.717) is 11.5 Å². The van der Waals surface area contributed by atoms with Crippen LogP contribution in [0, 0.1) is 0 Å². The van der Waals surface area contributed by atoms with Gasteiger partial charge in [0.2, 0.25) is 6.79 Å². The minimum absolute atomic E-state index is 0.0291. The first-order valence-electron chi connectivity index (χ1n) is 8.64. The Morgan fingerprint density at radius 1 is 1.10 bits per heavy atom. The summed E-state index contributed by atoms with van der Waals surface area (Å²) < 4.78 is 46.3. The predicted octanol–water partition coefficient (Wildman–Crippen LogP) is 1.15. The van der Waals surface area contributed by atoms with Crippen molar-refractivity contribution in [3.63, 3.8) is 0 Å². The number of hydrogen-bond donors (Lipinski definition) is 3. The zero-order chi connectivity index (χ0) is 22.6. The molecule has 0 aliphatic carbocycles. The molecule has 2 aromatic carbocycles. The standard InChI is InChI=1S/C19H18N2O9S/c1-27-15-7-11(3-6-17(22)23)8-16(18(15)28-2)31(25,26)21-20-19(24)12-4-5-13-14(9-12)30-10-29-13/h3-9,21H,10H2,1-2H3,(H,20,24)(H,22,23). The fourth-order valence-electron chi connectivity index (χ4n) is 2.69. The van der Waals surface area contributed by atoms with E-state index in [1.54, 1.807) is 0 Å². The lowest BCUT2D eigenvalue weighted by Crippen LogP contribution is -2.41. The zero-order valence-electron chi connectivity index (χ0n) is 16.4. The van der Waals surface area contributed by atoms with Gasteiger partial charge in [-0.1, -0.05) is 0 Å². The summed E-state index contributed by atoms with van der Waals surface area (Å²) in [5.41, 5.74) is 2.46. The number of hydrogen-bond acceptors (Lipinski definition) is 8. The number of fused-ring (bicyclic) bond motifs is 1. The van der Waals surface area contributed by atoms with Crippen molar-refractivity contribution in [1.29, 1.82) is 0 Å². The number of sulfonamides is 1. The molecule has 164 valence electrons. The molecule has 0 radical (unpaired) electrons. The number of nitrogens with one attached hydrogen (secondary N) is 2. The van der Waals surface area contributed by atoms with Crippen molar-refractivity contribution in [2.75, 3.05) is 21.0 Å². The highest BCUT2D eigenvalue weighted by molar-refractivity contribution is 7.89. The van der Waals surface area contributed by atoms with Crippen LogP contribution in [0.2, 0.25) is 0 Å². The lowest BCUT2D eigenvalue weighted by atomic mass is 10.2. The van der Waals surface area contributed by atoms with E-state index in [1.807, 2.05) is 4.83 Å². The maximum absolute atomic E-state index is 12.8. The van der Waals surface area contributed by atoms with Crippen LogP contribution in [-0.2, 0) is 14.8 Å². The van der Waals surface area contributed by atoms with E-state index in [-0.39, 0.29) is 34.3 Å². The highest BCUT2D eigenvalue weighted by atomic mass is 32.2. The van der Waals surface area contributed by atoms with Gasteiger partial charge in [-0.25, -0.2) is 13.2 Å². The van der Waals surface area contributed by atoms with Gasteiger partial charge in [-0.2, -0.15) is 0 Å². The number of carbonyl (C=O) groups excluding carboxylic acids is 1. The first-order valence-corrected chi connectivity index (χ1v) is 10.1. The van der Waals surface area contributed by atoms with Gasteiger partial charge in [0.25, 0.3) is 15.9 Å². The van der Waals surface area contributed by atoms with Crippen LogP contribution in [0.15, 0.2) is 41.3 Å². The molecule has 1 aliphatic heterocycles. The Morgan fingerprint density at radius 2 is 1.84 bits per heavy atom. The number of aliphatic carboxylic acids is 1. The number of carbonyl (C=O) groups is 2. The molecule has 3 N–H and O–H groups in total. The van der Waals surface area contributed by atoms with Crippen molar-refractivity contribution in [2.45, 2.75) is 4.90 Å². The number of methoxy groups -OCH3 is 2. The van der Waals surface area contributed by atoms with E-state index in [0.717, 1.165) is 6.08 Å². The first kappa shape index (κ1) is 21.9. The second-order valence-corrected chi connectivity index (χ2v) is 7.70. The Hall–Kier alpha value is -3.77. The summed E-state index contributed by atoms with van der Waals surface area (Å²) >= 11 is 0. The lowest BCUT2D eigenvalue weighted by molar-refractivity contribution is -0.131. The van der Waals surface area contributed by atoms with Crippen molar-refractivity contribution in [1.82, 2.24) is 10.3 Å². The van der Waals surface area contributed by atoms with Gasteiger partial charge in [-0.3, -0.25) is 10.2 Å². The number of ether oxygens (including phenoxy) is 4. The largest absolute Gasteiger partial charge is 0.493 e. The molecule has 0 bridgehead atoms. The van der Waals surface area contributed by atoms with Crippen molar-refractivity contribution < 1.29 is 42.1 Å². The fourth-order valence-corrected chi connectivity index (χ4v) is 3.75. The van der Waals surface area contributed by atoms with E-state index in [1.165, 1.54) is 50.6 Å². The summed E-state index contributed by atoms with van der Waals surface area (Å²) in [6.45, 7) is 0.0291. The fraction of sp³-hybridized carbons (Fsp3) is 0.158. The summed E-state index contributed by atoms with van der Waals surface area (Å²) in [7, 11) is -1.79. The molecule has 0 fully saturated rings. The normalized spacial score (nSPS) is 12.6. The van der Waals surface area contributed by atoms with Crippen LogP contribution in [0.1, 0.15) is 15.9 Å². The molecule has 2 aromatic rings. The molecule has 11 nitrogen and oxygen atoms in total. The molecule has 1 amide bonds. The molecule has 0 saturated heterocycles. The summed E-state index contributed by atoms with van der Waals surface area (Å²) in [5.74, 6) is -1.19. The SMILES string of the molecule is COc1cc(C=CC(=O)O)cc(S(=O)(=O)NNC(=O)c2ccc3c(c2)OCO3)c1OC. The van der Waals surface area contributed by atoms with Crippen molar-refractivity contribution in [3.8, 4) is 23.0 Å². The highest BCUT2D eigenvalue weighted by Crippen LogP contribution is 2.36. The smallest absolute Gasteiger partial charge is 0.328 e. The molecule has 1 aliphatic rings. The molecule has 0 unspecified atom stereocenters. The third kappa shape index (κ3) is 4.87. The van der Waals surface area contributed by atoms with Crippen molar-refractivity contribution in [2.24, 2.45) is 0 Å². The van der Waals surface area contributed by atoms with E-state index in [4.69, 9.17) is 24.1 Å². The first-order chi connectivity index (χ1) is 14.7. The maximum atomic E-state index is 12.8. The Bertz CT molecular complexity index is 1160. The second-order valence-electron chi connectivity index (χ2n) is 6.05. The van der Waals surface area contributed by atoms with Gasteiger partial charge in [0.1, 0.15) is 4.90 Å². The topological polar surface area (TPSA) is 149 Å². The molecule has 12 heteroatoms. The molecule has 0 atom stereocenters. The van der Waals surface area contributed by atoms with Gasteiger partial charge in [0, 0.05) is 11.6 Å². The van der Waals surface area contributed by atoms with Gasteiger partial charge >= 0.3 is 5.97 Å². The summed E-state index contributed by atoms with van der Waals surface area (Å²) in [6.07, 6.45) is 2.03. The molecular formula is C19H18N2O9S. The second kappa shape index (κ2) is 8.93. The molecular weight excluding hydrogens is 432 g/mol. The molecule has 31 heavy (non-hydrogen) atoms. The molecule has 0 saturated carbocycles. The minimum atomic E-state index is -4.34. The van der Waals surface area contributed by atoms with Crippen LogP contribution >= 0.6 is 0 Å². The van der Waals surface area contributed by atoms with Gasteiger partial charge < -0.3 is 24.1 Å². The lowest BCUT2D eigenvalue weighted by Gasteiger charge is -2.15. The van der Waals surface area contributed by atoms with Crippen LogP contribution in [0.3, 0.4) is 0 Å². The Labute approximate surface area is 177 Å². The highest BCUT2D eigenvalue weighted by Gasteiger charge is 2.25.